The molecule has 66 valence electrons. The fourth-order valence-corrected chi connectivity index (χ4v) is 2.15. The van der Waals surface area contributed by atoms with E-state index in [4.69, 9.17) is 5.73 Å². The van der Waals surface area contributed by atoms with Crippen LogP contribution in [0.3, 0.4) is 0 Å². The van der Waals surface area contributed by atoms with Crippen molar-refractivity contribution in [3.8, 4) is 0 Å². The van der Waals surface area contributed by atoms with Crippen LogP contribution >= 0.6 is 0 Å². The topological polar surface area (TPSA) is 26.0 Å². The van der Waals surface area contributed by atoms with Crippen molar-refractivity contribution in [1.29, 1.82) is 0 Å². The van der Waals surface area contributed by atoms with Crippen molar-refractivity contribution in [2.75, 3.05) is 6.54 Å². The Balaban J connectivity index is 2.43. The Morgan fingerprint density at radius 1 is 1.45 bits per heavy atom. The van der Waals surface area contributed by atoms with E-state index in [1.54, 1.807) is 0 Å². The van der Waals surface area contributed by atoms with Gasteiger partial charge in [-0.1, -0.05) is 26.7 Å². The van der Waals surface area contributed by atoms with Crippen LogP contribution < -0.4 is 5.73 Å². The largest absolute Gasteiger partial charge is 0.330 e. The van der Waals surface area contributed by atoms with E-state index >= 15 is 0 Å². The van der Waals surface area contributed by atoms with Gasteiger partial charge in [-0.3, -0.25) is 0 Å². The first kappa shape index (κ1) is 9.05. The summed E-state index contributed by atoms with van der Waals surface area (Å²) in [5.41, 5.74) is 6.27. The summed E-state index contributed by atoms with van der Waals surface area (Å²) in [6.45, 7) is 5.50. The molecule has 2 N–H and O–H groups in total. The summed E-state index contributed by atoms with van der Waals surface area (Å²) in [5.74, 6) is 0.937. The van der Waals surface area contributed by atoms with Crippen LogP contribution in [-0.2, 0) is 0 Å². The standard InChI is InChI=1S/C10H21N/c1-3-7-10(2,8-11)9-5-4-6-9/h9H,3-8,11H2,1-2H3. The van der Waals surface area contributed by atoms with Crippen LogP contribution in [0.4, 0.5) is 0 Å². The molecular formula is C10H21N. The summed E-state index contributed by atoms with van der Waals surface area (Å²) >= 11 is 0. The molecule has 1 unspecified atom stereocenters. The zero-order valence-corrected chi connectivity index (χ0v) is 7.90. The molecule has 0 aromatic carbocycles. The monoisotopic (exact) mass is 155 g/mol. The summed E-state index contributed by atoms with van der Waals surface area (Å²) in [6, 6.07) is 0. The quantitative estimate of drug-likeness (QED) is 0.663. The molecule has 0 radical (unpaired) electrons. The molecule has 0 heterocycles. The molecule has 0 aromatic heterocycles. The first-order valence-corrected chi connectivity index (χ1v) is 4.93. The second kappa shape index (κ2) is 3.57. The van der Waals surface area contributed by atoms with E-state index in [0.717, 1.165) is 12.5 Å². The van der Waals surface area contributed by atoms with Crippen LogP contribution in [0.15, 0.2) is 0 Å². The Morgan fingerprint density at radius 2 is 2.09 bits per heavy atom. The smallest absolute Gasteiger partial charge is 0.00205 e. The lowest BCUT2D eigenvalue weighted by Crippen LogP contribution is -2.38. The third-order valence-corrected chi connectivity index (χ3v) is 3.38. The molecule has 1 fully saturated rings. The predicted molar refractivity (Wildman–Crippen MR) is 49.4 cm³/mol. The molecule has 1 atom stereocenters. The van der Waals surface area contributed by atoms with Crippen LogP contribution in [0.2, 0.25) is 0 Å². The molecule has 0 bridgehead atoms. The minimum atomic E-state index is 0.465. The third kappa shape index (κ3) is 1.76. The van der Waals surface area contributed by atoms with Gasteiger partial charge in [-0.15, -0.1) is 0 Å². The predicted octanol–water partition coefficient (Wildman–Crippen LogP) is 2.55. The molecule has 11 heavy (non-hydrogen) atoms. The fourth-order valence-electron chi connectivity index (χ4n) is 2.15. The van der Waals surface area contributed by atoms with Crippen LogP contribution in [0.25, 0.3) is 0 Å². The highest BCUT2D eigenvalue weighted by Gasteiger charge is 2.35. The van der Waals surface area contributed by atoms with Crippen molar-refractivity contribution in [1.82, 2.24) is 0 Å². The Kier molecular flexibility index (Phi) is 2.94. The maximum Gasteiger partial charge on any atom is -0.00205 e. The number of hydrogen-bond acceptors (Lipinski definition) is 1. The molecule has 0 aromatic rings. The fraction of sp³-hybridized carbons (Fsp3) is 1.00. The van der Waals surface area contributed by atoms with Crippen LogP contribution in [0, 0.1) is 11.3 Å². The van der Waals surface area contributed by atoms with E-state index < -0.39 is 0 Å². The van der Waals surface area contributed by atoms with E-state index in [9.17, 15) is 0 Å². The van der Waals surface area contributed by atoms with Gasteiger partial charge < -0.3 is 5.73 Å². The molecule has 0 aliphatic heterocycles. The third-order valence-electron chi connectivity index (χ3n) is 3.38. The Labute approximate surface area is 70.4 Å². The maximum absolute atomic E-state index is 5.80. The van der Waals surface area contributed by atoms with Crippen molar-refractivity contribution in [2.45, 2.75) is 46.0 Å². The summed E-state index contributed by atoms with van der Waals surface area (Å²) in [4.78, 5) is 0. The Bertz CT molecular complexity index is 118. The van der Waals surface area contributed by atoms with Gasteiger partial charge >= 0.3 is 0 Å². The van der Waals surface area contributed by atoms with Crippen molar-refractivity contribution in [3.05, 3.63) is 0 Å². The highest BCUT2D eigenvalue weighted by Crippen LogP contribution is 2.43. The Morgan fingerprint density at radius 3 is 2.36 bits per heavy atom. The van der Waals surface area contributed by atoms with Crippen molar-refractivity contribution in [3.63, 3.8) is 0 Å². The van der Waals surface area contributed by atoms with Crippen LogP contribution in [0.5, 0.6) is 0 Å². The molecule has 1 heteroatoms. The average Bonchev–Trinajstić information content (AvgIpc) is 1.84. The number of hydrogen-bond donors (Lipinski definition) is 1. The molecule has 0 saturated heterocycles. The lowest BCUT2D eigenvalue weighted by atomic mass is 9.64. The van der Waals surface area contributed by atoms with E-state index in [0.29, 0.717) is 5.41 Å². The van der Waals surface area contributed by atoms with E-state index in [1.807, 2.05) is 0 Å². The van der Waals surface area contributed by atoms with E-state index in [-0.39, 0.29) is 0 Å². The lowest BCUT2D eigenvalue weighted by molar-refractivity contribution is 0.0987. The van der Waals surface area contributed by atoms with Gasteiger partial charge in [0.25, 0.3) is 0 Å². The van der Waals surface area contributed by atoms with Gasteiger partial charge in [0.05, 0.1) is 0 Å². The molecule has 0 amide bonds. The molecule has 1 nitrogen and oxygen atoms in total. The second-order valence-corrected chi connectivity index (χ2v) is 4.24. The SMILES string of the molecule is CCCC(C)(CN)C1CCC1. The molecule has 1 rings (SSSR count). The summed E-state index contributed by atoms with van der Waals surface area (Å²) in [7, 11) is 0. The second-order valence-electron chi connectivity index (χ2n) is 4.24. The summed E-state index contributed by atoms with van der Waals surface area (Å²) in [6.07, 6.45) is 6.88. The summed E-state index contributed by atoms with van der Waals surface area (Å²) in [5, 5.41) is 0. The first-order valence-electron chi connectivity index (χ1n) is 4.93. The van der Waals surface area contributed by atoms with E-state index in [2.05, 4.69) is 13.8 Å². The molecule has 1 saturated carbocycles. The maximum atomic E-state index is 5.80. The van der Waals surface area contributed by atoms with Crippen LogP contribution in [0.1, 0.15) is 46.0 Å². The molecule has 1 aliphatic rings. The summed E-state index contributed by atoms with van der Waals surface area (Å²) < 4.78 is 0. The van der Waals surface area contributed by atoms with Crippen molar-refractivity contribution >= 4 is 0 Å². The Hall–Kier alpha value is -0.0400. The highest BCUT2D eigenvalue weighted by molar-refractivity contribution is 4.87. The zero-order chi connectivity index (χ0) is 8.32. The van der Waals surface area contributed by atoms with Gasteiger partial charge in [0, 0.05) is 0 Å². The van der Waals surface area contributed by atoms with Gasteiger partial charge in [-0.25, -0.2) is 0 Å². The number of nitrogens with two attached hydrogens (primary N) is 1. The average molecular weight is 155 g/mol. The van der Waals surface area contributed by atoms with Crippen LogP contribution in [-0.4, -0.2) is 6.54 Å². The van der Waals surface area contributed by atoms with Gasteiger partial charge in [0.15, 0.2) is 0 Å². The molecular weight excluding hydrogens is 134 g/mol. The molecule has 0 spiro atoms. The van der Waals surface area contributed by atoms with Gasteiger partial charge in [0.1, 0.15) is 0 Å². The van der Waals surface area contributed by atoms with Crippen molar-refractivity contribution in [2.24, 2.45) is 17.1 Å². The van der Waals surface area contributed by atoms with Gasteiger partial charge in [-0.05, 0) is 37.1 Å². The molecule has 1 aliphatic carbocycles. The minimum absolute atomic E-state index is 0.465. The number of rotatable bonds is 4. The van der Waals surface area contributed by atoms with Gasteiger partial charge in [-0.2, -0.15) is 0 Å². The minimum Gasteiger partial charge on any atom is -0.330 e. The van der Waals surface area contributed by atoms with E-state index in [1.165, 1.54) is 32.1 Å². The first-order chi connectivity index (χ1) is 5.23. The normalized spacial score (nSPS) is 24.3. The lowest BCUT2D eigenvalue weighted by Gasteiger charge is -2.42. The highest BCUT2D eigenvalue weighted by atomic mass is 14.6. The van der Waals surface area contributed by atoms with Crippen molar-refractivity contribution < 1.29 is 0 Å². The van der Waals surface area contributed by atoms with Gasteiger partial charge in [0.2, 0.25) is 0 Å². The zero-order valence-electron chi connectivity index (χ0n) is 7.90.